The van der Waals surface area contributed by atoms with Crippen molar-refractivity contribution in [2.75, 3.05) is 13.1 Å². The van der Waals surface area contributed by atoms with E-state index in [0.717, 1.165) is 22.4 Å². The van der Waals surface area contributed by atoms with Gasteiger partial charge in [-0.15, -0.1) is 0 Å². The van der Waals surface area contributed by atoms with Gasteiger partial charge in [0.2, 0.25) is 5.67 Å². The number of likely N-dealkylation sites (tertiary alicyclic amines) is 1. The number of H-pyrrole nitrogens is 1. The maximum atomic E-state index is 15.5. The fraction of sp³-hybridized carbons (Fsp3) is 0.318. The Kier molecular flexibility index (Phi) is 5.85. The molecule has 30 heavy (non-hydrogen) atoms. The number of benzene rings is 1. The molecule has 1 aliphatic rings. The van der Waals surface area contributed by atoms with Gasteiger partial charge in [-0.05, 0) is 61.3 Å². The maximum Gasteiger partial charge on any atom is 0.259 e. The summed E-state index contributed by atoms with van der Waals surface area (Å²) >= 11 is 0. The Labute approximate surface area is 173 Å². The zero-order valence-electron chi connectivity index (χ0n) is 16.4. The van der Waals surface area contributed by atoms with E-state index in [9.17, 15) is 9.18 Å². The summed E-state index contributed by atoms with van der Waals surface area (Å²) in [6, 6.07) is 9.70. The number of aromatic nitrogens is 3. The first kappa shape index (κ1) is 20.2. The minimum absolute atomic E-state index is 0.0171. The molecule has 2 aromatic heterocycles. The van der Waals surface area contributed by atoms with E-state index < -0.39 is 11.6 Å². The van der Waals surface area contributed by atoms with E-state index in [1.807, 2.05) is 4.90 Å². The molecule has 0 saturated carbocycles. The number of hydrogen-bond donors (Lipinski definition) is 2. The first-order valence-electron chi connectivity index (χ1n) is 9.90. The lowest BCUT2D eigenvalue weighted by molar-refractivity contribution is -0.137. The molecule has 156 valence electrons. The standard InChI is InChI=1S/C22H23F2N5O/c23-19-4-2-17(3-5-19)20-18(13-27-28-20)14-29-11-1-8-22(24,15-29)21(30)26-12-16-6-9-25-10-7-16/h2-7,9-10,13H,1,8,11-12,14-15H2,(H,26,30)(H,27,28)/t22-/m0/s1. The van der Waals surface area contributed by atoms with Crippen LogP contribution < -0.4 is 5.32 Å². The van der Waals surface area contributed by atoms with Crippen LogP contribution in [0.3, 0.4) is 0 Å². The van der Waals surface area contributed by atoms with E-state index in [0.29, 0.717) is 19.5 Å². The van der Waals surface area contributed by atoms with Gasteiger partial charge in [0.15, 0.2) is 0 Å². The number of rotatable bonds is 6. The third-order valence-electron chi connectivity index (χ3n) is 5.38. The topological polar surface area (TPSA) is 73.9 Å². The Morgan fingerprint density at radius 2 is 1.97 bits per heavy atom. The third-order valence-corrected chi connectivity index (χ3v) is 5.38. The summed E-state index contributed by atoms with van der Waals surface area (Å²) in [6.07, 6.45) is 5.75. The van der Waals surface area contributed by atoms with Gasteiger partial charge < -0.3 is 5.32 Å². The number of alkyl halides is 1. The quantitative estimate of drug-likeness (QED) is 0.653. The highest BCUT2D eigenvalue weighted by atomic mass is 19.1. The van der Waals surface area contributed by atoms with Crippen LogP contribution in [0, 0.1) is 5.82 Å². The molecule has 1 aromatic carbocycles. The second-order valence-electron chi connectivity index (χ2n) is 7.59. The van der Waals surface area contributed by atoms with Gasteiger partial charge in [0.1, 0.15) is 5.82 Å². The van der Waals surface area contributed by atoms with Gasteiger partial charge in [0.05, 0.1) is 11.9 Å². The second kappa shape index (κ2) is 8.71. The molecule has 0 unspecified atom stereocenters. The summed E-state index contributed by atoms with van der Waals surface area (Å²) in [5, 5.41) is 9.74. The zero-order chi connectivity index (χ0) is 21.0. The van der Waals surface area contributed by atoms with Gasteiger partial charge in [-0.3, -0.25) is 19.8 Å². The summed E-state index contributed by atoms with van der Waals surface area (Å²) in [4.78, 5) is 18.4. The predicted octanol–water partition coefficient (Wildman–Crippen LogP) is 3.23. The largest absolute Gasteiger partial charge is 0.349 e. The average Bonchev–Trinajstić information content (AvgIpc) is 3.21. The molecule has 1 saturated heterocycles. The Balaban J connectivity index is 1.41. The lowest BCUT2D eigenvalue weighted by Gasteiger charge is -2.36. The number of amides is 1. The van der Waals surface area contributed by atoms with Crippen LogP contribution in [0.25, 0.3) is 11.3 Å². The first-order valence-corrected chi connectivity index (χ1v) is 9.90. The van der Waals surface area contributed by atoms with Crippen LogP contribution in [-0.2, 0) is 17.9 Å². The molecule has 6 nitrogen and oxygen atoms in total. The lowest BCUT2D eigenvalue weighted by Crippen LogP contribution is -2.53. The van der Waals surface area contributed by atoms with Crippen LogP contribution in [0.5, 0.6) is 0 Å². The number of piperidine rings is 1. The van der Waals surface area contributed by atoms with Gasteiger partial charge in [-0.25, -0.2) is 8.78 Å². The van der Waals surface area contributed by atoms with Crippen molar-refractivity contribution in [3.05, 3.63) is 71.9 Å². The molecule has 3 aromatic rings. The van der Waals surface area contributed by atoms with E-state index in [4.69, 9.17) is 0 Å². The van der Waals surface area contributed by atoms with Crippen molar-refractivity contribution in [2.24, 2.45) is 0 Å². The molecule has 3 heterocycles. The molecular formula is C22H23F2N5O. The Morgan fingerprint density at radius 3 is 2.73 bits per heavy atom. The molecule has 0 bridgehead atoms. The predicted molar refractivity (Wildman–Crippen MR) is 108 cm³/mol. The third kappa shape index (κ3) is 4.54. The van der Waals surface area contributed by atoms with Crippen LogP contribution in [0.2, 0.25) is 0 Å². The van der Waals surface area contributed by atoms with Crippen molar-refractivity contribution in [3.8, 4) is 11.3 Å². The van der Waals surface area contributed by atoms with Gasteiger partial charge >= 0.3 is 0 Å². The van der Waals surface area contributed by atoms with Gasteiger partial charge in [-0.2, -0.15) is 5.10 Å². The van der Waals surface area contributed by atoms with Crippen LogP contribution in [0.4, 0.5) is 8.78 Å². The van der Waals surface area contributed by atoms with Gasteiger partial charge in [0.25, 0.3) is 5.91 Å². The minimum Gasteiger partial charge on any atom is -0.349 e. The van der Waals surface area contributed by atoms with Gasteiger partial charge in [0, 0.05) is 43.2 Å². The highest BCUT2D eigenvalue weighted by Gasteiger charge is 2.42. The summed E-state index contributed by atoms with van der Waals surface area (Å²) in [5.41, 5.74) is 1.39. The molecule has 2 N–H and O–H groups in total. The van der Waals surface area contributed by atoms with Crippen molar-refractivity contribution >= 4 is 5.91 Å². The number of hydrogen-bond acceptors (Lipinski definition) is 4. The molecule has 0 spiro atoms. The molecule has 8 heteroatoms. The van der Waals surface area contributed by atoms with Crippen molar-refractivity contribution in [2.45, 2.75) is 31.6 Å². The molecule has 1 atom stereocenters. The van der Waals surface area contributed by atoms with Crippen LogP contribution in [0.15, 0.2) is 55.0 Å². The zero-order valence-corrected chi connectivity index (χ0v) is 16.4. The highest BCUT2D eigenvalue weighted by Crippen LogP contribution is 2.29. The summed E-state index contributed by atoms with van der Waals surface area (Å²) in [5.74, 6) is -0.897. The summed E-state index contributed by atoms with van der Waals surface area (Å²) < 4.78 is 28.7. The molecule has 1 aliphatic heterocycles. The number of pyridine rings is 1. The maximum absolute atomic E-state index is 15.5. The van der Waals surface area contributed by atoms with E-state index in [1.54, 1.807) is 42.9 Å². The van der Waals surface area contributed by atoms with Crippen molar-refractivity contribution < 1.29 is 13.6 Å². The van der Waals surface area contributed by atoms with E-state index in [1.165, 1.54) is 12.1 Å². The van der Waals surface area contributed by atoms with Crippen molar-refractivity contribution in [1.29, 1.82) is 0 Å². The van der Waals surface area contributed by atoms with E-state index in [2.05, 4.69) is 20.5 Å². The Bertz CT molecular complexity index is 992. The molecule has 1 amide bonds. The lowest BCUT2D eigenvalue weighted by atomic mass is 9.93. The summed E-state index contributed by atoms with van der Waals surface area (Å²) in [6.45, 7) is 1.43. The van der Waals surface area contributed by atoms with Crippen molar-refractivity contribution in [1.82, 2.24) is 25.4 Å². The normalized spacial score (nSPS) is 19.5. The molecule has 1 fully saturated rings. The smallest absolute Gasteiger partial charge is 0.259 e. The molecular weight excluding hydrogens is 388 g/mol. The number of aromatic amines is 1. The number of carbonyl (C=O) groups excluding carboxylic acids is 1. The minimum atomic E-state index is -1.94. The Hall–Kier alpha value is -3.13. The monoisotopic (exact) mass is 411 g/mol. The van der Waals surface area contributed by atoms with E-state index >= 15 is 4.39 Å². The SMILES string of the molecule is O=C(NCc1ccncc1)[C@]1(F)CCCN(Cc2cn[nH]c2-c2ccc(F)cc2)C1. The van der Waals surface area contributed by atoms with Crippen molar-refractivity contribution in [3.63, 3.8) is 0 Å². The fourth-order valence-corrected chi connectivity index (χ4v) is 3.80. The van der Waals surface area contributed by atoms with Gasteiger partial charge in [-0.1, -0.05) is 0 Å². The number of carbonyl (C=O) groups is 1. The highest BCUT2D eigenvalue weighted by molar-refractivity contribution is 5.85. The second-order valence-corrected chi connectivity index (χ2v) is 7.59. The molecule has 0 radical (unpaired) electrons. The average molecular weight is 411 g/mol. The van der Waals surface area contributed by atoms with Crippen LogP contribution in [0.1, 0.15) is 24.0 Å². The van der Waals surface area contributed by atoms with Crippen LogP contribution in [-0.4, -0.2) is 44.7 Å². The number of halogens is 2. The molecule has 0 aliphatic carbocycles. The number of nitrogens with zero attached hydrogens (tertiary/aromatic N) is 3. The molecule has 4 rings (SSSR count). The van der Waals surface area contributed by atoms with E-state index in [-0.39, 0.29) is 25.3 Å². The first-order chi connectivity index (χ1) is 14.5. The number of nitrogens with one attached hydrogen (secondary N) is 2. The summed E-state index contributed by atoms with van der Waals surface area (Å²) in [7, 11) is 0. The Morgan fingerprint density at radius 1 is 1.20 bits per heavy atom. The fourth-order valence-electron chi connectivity index (χ4n) is 3.80. The van der Waals surface area contributed by atoms with Crippen LogP contribution >= 0.6 is 0 Å².